The molecule has 0 radical (unpaired) electrons. The SMILES string of the molecule is CC1CCC(C(C)C)C(OC(=O)N(CC2CCCO2)CC2(O)CCC3C45C=CC6(C=C4C(=O)c4ccc(-c7cc(C(F)(F)F)ccc7Cl)o4)CC(O)CCC6(C)C5CCC32C)C1. The van der Waals surface area contributed by atoms with Gasteiger partial charge in [0, 0.05) is 34.0 Å². The van der Waals surface area contributed by atoms with Gasteiger partial charge in [-0.2, -0.15) is 13.2 Å². The van der Waals surface area contributed by atoms with E-state index < -0.39 is 45.8 Å². The number of aliphatic hydroxyl groups excluding tert-OH is 1. The molecule has 4 saturated carbocycles. The summed E-state index contributed by atoms with van der Waals surface area (Å²) in [5, 5.41) is 24.5. The predicted molar refractivity (Wildman–Crippen MR) is 229 cm³/mol. The van der Waals surface area contributed by atoms with E-state index in [9.17, 15) is 28.2 Å². The minimum Gasteiger partial charge on any atom is -0.453 e. The Morgan fingerprint density at radius 2 is 1.73 bits per heavy atom. The maximum absolute atomic E-state index is 15.2. The number of alkyl halides is 3. The molecule has 2 bridgehead atoms. The van der Waals surface area contributed by atoms with Gasteiger partial charge in [-0.1, -0.05) is 70.9 Å². The molecule has 62 heavy (non-hydrogen) atoms. The van der Waals surface area contributed by atoms with Crippen molar-refractivity contribution in [2.24, 2.45) is 51.2 Å². The van der Waals surface area contributed by atoms with Crippen LogP contribution < -0.4 is 0 Å². The standard InChI is InChI=1S/C50H63ClF3NO7/c1-29(2)34-10-8-30(3)23-40(34)62-44(58)55(27-33-7-6-22-60-33)28-48(59)19-16-42-46(48,5)18-15-41-45(4)17-14-32(56)25-47(45)20-21-49(41,42)36(26-47)43(57)39-13-12-38(61-39)35-24-31(50(52,53)54)9-11-37(35)51/h9,11-13,20-21,24,26,29-30,32-34,40-42,56,59H,6-8,10,14-19,22-23,25,27-28H2,1-5H3. The number of hydrogen-bond donors (Lipinski definition) is 2. The smallest absolute Gasteiger partial charge is 0.416 e. The molecule has 1 amide bonds. The zero-order chi connectivity index (χ0) is 44.2. The molecular weight excluding hydrogens is 819 g/mol. The number of fused-ring (bicyclic) bond motifs is 1. The van der Waals surface area contributed by atoms with Crippen LogP contribution in [0.25, 0.3) is 11.3 Å². The highest BCUT2D eigenvalue weighted by Gasteiger charge is 2.75. The number of allylic oxidation sites excluding steroid dienone is 4. The van der Waals surface area contributed by atoms with Crippen LogP contribution in [0.15, 0.2) is 58.6 Å². The monoisotopic (exact) mass is 881 g/mol. The van der Waals surface area contributed by atoms with Crippen LogP contribution in [0.2, 0.25) is 5.02 Å². The van der Waals surface area contributed by atoms with E-state index in [4.69, 9.17) is 25.5 Å². The van der Waals surface area contributed by atoms with Gasteiger partial charge in [-0.3, -0.25) is 4.79 Å². The van der Waals surface area contributed by atoms with Gasteiger partial charge in [0.2, 0.25) is 5.78 Å². The Morgan fingerprint density at radius 3 is 2.45 bits per heavy atom. The lowest BCUT2D eigenvalue weighted by atomic mass is 9.32. The summed E-state index contributed by atoms with van der Waals surface area (Å²) in [5.74, 6) is 0.554. The summed E-state index contributed by atoms with van der Waals surface area (Å²) in [7, 11) is 0. The second-order valence-electron chi connectivity index (χ2n) is 21.3. The van der Waals surface area contributed by atoms with Crippen LogP contribution >= 0.6 is 11.6 Å². The summed E-state index contributed by atoms with van der Waals surface area (Å²) in [6, 6.07) is 6.03. The first-order chi connectivity index (χ1) is 29.2. The van der Waals surface area contributed by atoms with Crippen LogP contribution in [0.4, 0.5) is 18.0 Å². The average molecular weight is 883 g/mol. The number of Topliss-reactive ketones (excluding diaryl/α,β-unsaturated/α-hetero) is 1. The molecule has 10 rings (SSSR count). The van der Waals surface area contributed by atoms with Crippen LogP contribution in [0.5, 0.6) is 0 Å². The van der Waals surface area contributed by atoms with Gasteiger partial charge in [-0.25, -0.2) is 4.79 Å². The third-order valence-electron chi connectivity index (χ3n) is 17.7. The Morgan fingerprint density at radius 1 is 0.984 bits per heavy atom. The second kappa shape index (κ2) is 15.5. The van der Waals surface area contributed by atoms with E-state index in [0.717, 1.165) is 50.7 Å². The van der Waals surface area contributed by atoms with E-state index in [0.29, 0.717) is 69.1 Å². The number of hydrogen-bond acceptors (Lipinski definition) is 7. The molecular formula is C50H63ClF3NO7. The lowest BCUT2D eigenvalue weighted by Gasteiger charge is -2.71. The van der Waals surface area contributed by atoms with Gasteiger partial charge in [-0.15, -0.1) is 0 Å². The number of amides is 1. The first kappa shape index (κ1) is 44.1. The second-order valence-corrected chi connectivity index (χ2v) is 21.7. The Balaban J connectivity index is 1.07. The number of halogens is 4. The van der Waals surface area contributed by atoms with Gasteiger partial charge in [-0.05, 0) is 136 Å². The van der Waals surface area contributed by atoms with Crippen LogP contribution in [0.3, 0.4) is 0 Å². The number of rotatable bonds is 9. The molecule has 8 aliphatic rings. The number of carbonyl (C=O) groups is 2. The lowest BCUT2D eigenvalue weighted by molar-refractivity contribution is -0.176. The fourth-order valence-corrected chi connectivity index (χ4v) is 14.4. The number of aliphatic hydroxyl groups is 2. The van der Waals surface area contributed by atoms with Gasteiger partial charge in [0.1, 0.15) is 11.9 Å². The Labute approximate surface area is 368 Å². The molecule has 2 heterocycles. The van der Waals surface area contributed by atoms with Gasteiger partial charge in [0.05, 0.1) is 41.5 Å². The fraction of sp³-hybridized carbons (Fsp3) is 0.680. The number of benzene rings is 1. The number of nitrogens with zero attached hydrogens (tertiary/aromatic N) is 1. The van der Waals surface area contributed by atoms with E-state index in [1.165, 1.54) is 18.2 Å². The van der Waals surface area contributed by atoms with E-state index >= 15 is 4.79 Å². The first-order valence-corrected chi connectivity index (χ1v) is 23.5. The summed E-state index contributed by atoms with van der Waals surface area (Å²) in [5.41, 5.74) is -4.05. The minimum atomic E-state index is -4.60. The highest BCUT2D eigenvalue weighted by Crippen LogP contribution is 2.78. The number of ketones is 1. The molecule has 8 nitrogen and oxygen atoms in total. The van der Waals surface area contributed by atoms with Crippen molar-refractivity contribution in [1.29, 1.82) is 0 Å². The van der Waals surface area contributed by atoms with Crippen LogP contribution in [-0.4, -0.2) is 70.6 Å². The molecule has 12 atom stereocenters. The van der Waals surface area contributed by atoms with Crippen molar-refractivity contribution >= 4 is 23.5 Å². The third-order valence-corrected chi connectivity index (χ3v) is 18.0. The molecule has 1 aliphatic heterocycles. The Hall–Kier alpha value is -3.12. The molecule has 2 spiro atoms. The third kappa shape index (κ3) is 6.86. The average Bonchev–Trinajstić information content (AvgIpc) is 3.97. The summed E-state index contributed by atoms with van der Waals surface area (Å²) < 4.78 is 60.0. The highest BCUT2D eigenvalue weighted by molar-refractivity contribution is 6.33. The van der Waals surface area contributed by atoms with Crippen molar-refractivity contribution in [3.63, 3.8) is 0 Å². The van der Waals surface area contributed by atoms with E-state index in [2.05, 4.69) is 52.8 Å². The van der Waals surface area contributed by atoms with E-state index in [1.54, 1.807) is 4.90 Å². The molecule has 12 heteroatoms. The lowest BCUT2D eigenvalue weighted by Crippen LogP contribution is -2.67. The van der Waals surface area contributed by atoms with Gasteiger partial charge in [0.15, 0.2) is 5.76 Å². The highest BCUT2D eigenvalue weighted by atomic mass is 35.5. The van der Waals surface area contributed by atoms with Crippen molar-refractivity contribution in [3.05, 3.63) is 70.5 Å². The number of ether oxygens (including phenoxy) is 2. The van der Waals surface area contributed by atoms with Crippen LogP contribution in [0.1, 0.15) is 128 Å². The Bertz CT molecular complexity index is 2140. The van der Waals surface area contributed by atoms with E-state index in [-0.39, 0.29) is 69.8 Å². The van der Waals surface area contributed by atoms with Crippen LogP contribution in [0, 0.1) is 51.2 Å². The fourth-order valence-electron chi connectivity index (χ4n) is 14.2. The van der Waals surface area contributed by atoms with Crippen molar-refractivity contribution in [2.45, 2.75) is 142 Å². The zero-order valence-corrected chi connectivity index (χ0v) is 37.5. The minimum absolute atomic E-state index is 0.00145. The molecule has 12 unspecified atom stereocenters. The number of carbonyl (C=O) groups excluding carboxylic acids is 2. The summed E-state index contributed by atoms with van der Waals surface area (Å²) in [6.07, 6.45) is 9.58. The van der Waals surface area contributed by atoms with Crippen molar-refractivity contribution < 1.29 is 46.9 Å². The van der Waals surface area contributed by atoms with Crippen molar-refractivity contribution in [1.82, 2.24) is 4.90 Å². The first-order valence-electron chi connectivity index (χ1n) is 23.2. The van der Waals surface area contributed by atoms with Crippen molar-refractivity contribution in [2.75, 3.05) is 19.7 Å². The normalized spacial score (nSPS) is 39.9. The summed E-state index contributed by atoms with van der Waals surface area (Å²) >= 11 is 6.42. The number of furan rings is 1. The molecule has 1 saturated heterocycles. The van der Waals surface area contributed by atoms with Crippen molar-refractivity contribution in [3.8, 4) is 11.3 Å². The Kier molecular flexibility index (Phi) is 11.0. The molecule has 1 aromatic heterocycles. The van der Waals surface area contributed by atoms with E-state index in [1.807, 2.05) is 0 Å². The van der Waals surface area contributed by atoms with Gasteiger partial charge in [0.25, 0.3) is 0 Å². The van der Waals surface area contributed by atoms with Gasteiger partial charge >= 0.3 is 12.3 Å². The molecule has 7 aliphatic carbocycles. The predicted octanol–water partition coefficient (Wildman–Crippen LogP) is 11.5. The quantitative estimate of drug-likeness (QED) is 0.191. The molecule has 338 valence electrons. The largest absolute Gasteiger partial charge is 0.453 e. The van der Waals surface area contributed by atoms with Crippen LogP contribution in [-0.2, 0) is 15.7 Å². The summed E-state index contributed by atoms with van der Waals surface area (Å²) in [6.45, 7) is 12.1. The molecule has 2 N–H and O–H groups in total. The molecule has 5 fully saturated rings. The van der Waals surface area contributed by atoms with Gasteiger partial charge < -0.3 is 29.0 Å². The maximum Gasteiger partial charge on any atom is 0.416 e. The molecule has 2 aromatic rings. The topological polar surface area (TPSA) is 109 Å². The maximum atomic E-state index is 15.2. The summed E-state index contributed by atoms with van der Waals surface area (Å²) in [4.78, 5) is 31.5. The molecule has 1 aromatic carbocycles. The zero-order valence-electron chi connectivity index (χ0n) is 36.7.